The van der Waals surface area contributed by atoms with Crippen molar-refractivity contribution in [2.75, 3.05) is 36.5 Å². The summed E-state index contributed by atoms with van der Waals surface area (Å²) in [7, 11) is 0. The molecule has 6 heteroatoms. The van der Waals surface area contributed by atoms with E-state index in [9.17, 15) is 4.79 Å². The van der Waals surface area contributed by atoms with Crippen molar-refractivity contribution < 1.29 is 14.3 Å². The molecule has 5 nitrogen and oxygen atoms in total. The third-order valence-corrected chi connectivity index (χ3v) is 5.15. The molecule has 0 radical (unpaired) electrons. The van der Waals surface area contributed by atoms with Gasteiger partial charge in [-0.2, -0.15) is 0 Å². The van der Waals surface area contributed by atoms with Gasteiger partial charge in [0.1, 0.15) is 0 Å². The van der Waals surface area contributed by atoms with E-state index in [0.717, 1.165) is 37.3 Å². The van der Waals surface area contributed by atoms with Crippen molar-refractivity contribution in [1.29, 1.82) is 0 Å². The molecule has 1 N–H and O–H groups in total. The Balaban J connectivity index is 1.37. The molecule has 2 heterocycles. The average molecular weight is 373 g/mol. The summed E-state index contributed by atoms with van der Waals surface area (Å²) in [6.45, 7) is 3.19. The Labute approximate surface area is 157 Å². The van der Waals surface area contributed by atoms with E-state index in [-0.39, 0.29) is 11.7 Å². The van der Waals surface area contributed by atoms with Gasteiger partial charge >= 0.3 is 0 Å². The van der Waals surface area contributed by atoms with Crippen molar-refractivity contribution in [2.24, 2.45) is 0 Å². The van der Waals surface area contributed by atoms with Gasteiger partial charge in [0, 0.05) is 47.9 Å². The average Bonchev–Trinajstić information content (AvgIpc) is 3.11. The summed E-state index contributed by atoms with van der Waals surface area (Å²) in [5.74, 6) is -0.530. The van der Waals surface area contributed by atoms with Crippen LogP contribution >= 0.6 is 11.6 Å². The number of anilines is 2. The maximum Gasteiger partial charge on any atom is 0.255 e. The van der Waals surface area contributed by atoms with Crippen molar-refractivity contribution in [3.63, 3.8) is 0 Å². The molecule has 26 heavy (non-hydrogen) atoms. The fraction of sp³-hybridized carbons (Fsp3) is 0.350. The van der Waals surface area contributed by atoms with Crippen molar-refractivity contribution in [3.8, 4) is 0 Å². The zero-order chi connectivity index (χ0) is 18.0. The zero-order valence-corrected chi connectivity index (χ0v) is 15.2. The lowest BCUT2D eigenvalue weighted by Crippen LogP contribution is -2.45. The van der Waals surface area contributed by atoms with Crippen LogP contribution in [0, 0.1) is 0 Å². The van der Waals surface area contributed by atoms with Crippen LogP contribution in [0.2, 0.25) is 5.02 Å². The standard InChI is InChI=1S/C20H21ClN2O3/c21-16-3-1-2-15(14-16)19(24)22-17-4-6-18(7-5-17)23-10-8-20(9-11-23)25-12-13-26-20/h1-7,14H,8-13H2,(H,22,24). The largest absolute Gasteiger partial charge is 0.371 e. The summed E-state index contributed by atoms with van der Waals surface area (Å²) in [5, 5.41) is 3.45. The number of hydrogen-bond donors (Lipinski definition) is 1. The van der Waals surface area contributed by atoms with Crippen LogP contribution < -0.4 is 10.2 Å². The van der Waals surface area contributed by atoms with Crippen molar-refractivity contribution in [3.05, 3.63) is 59.1 Å². The first-order valence-electron chi connectivity index (χ1n) is 8.83. The van der Waals surface area contributed by atoms with Crippen molar-refractivity contribution in [2.45, 2.75) is 18.6 Å². The van der Waals surface area contributed by atoms with Crippen LogP contribution in [-0.2, 0) is 9.47 Å². The van der Waals surface area contributed by atoms with Gasteiger partial charge in [-0.15, -0.1) is 0 Å². The quantitative estimate of drug-likeness (QED) is 0.886. The predicted octanol–water partition coefficient (Wildman–Crippen LogP) is 3.94. The summed E-state index contributed by atoms with van der Waals surface area (Å²) >= 11 is 5.94. The van der Waals surface area contributed by atoms with Crippen molar-refractivity contribution in [1.82, 2.24) is 0 Å². The molecule has 0 saturated carbocycles. The second-order valence-electron chi connectivity index (χ2n) is 6.61. The van der Waals surface area contributed by atoms with Gasteiger partial charge in [0.05, 0.1) is 13.2 Å². The number of hydrogen-bond acceptors (Lipinski definition) is 4. The molecule has 2 fully saturated rings. The SMILES string of the molecule is O=C(Nc1ccc(N2CCC3(CC2)OCCO3)cc1)c1cccc(Cl)c1. The minimum atomic E-state index is -0.360. The molecule has 1 spiro atoms. The summed E-state index contributed by atoms with van der Waals surface area (Å²) in [6.07, 6.45) is 1.75. The second kappa shape index (κ2) is 7.27. The van der Waals surface area contributed by atoms with E-state index in [4.69, 9.17) is 21.1 Å². The van der Waals surface area contributed by atoms with Gasteiger partial charge in [0.2, 0.25) is 0 Å². The molecule has 0 bridgehead atoms. The Morgan fingerprint density at radius 2 is 1.73 bits per heavy atom. The van der Waals surface area contributed by atoms with Crippen LogP contribution in [0.1, 0.15) is 23.2 Å². The van der Waals surface area contributed by atoms with E-state index in [2.05, 4.69) is 10.2 Å². The summed E-state index contributed by atoms with van der Waals surface area (Å²) < 4.78 is 11.5. The highest BCUT2D eigenvalue weighted by Gasteiger charge is 2.39. The molecule has 1 amide bonds. The molecule has 0 atom stereocenters. The van der Waals surface area contributed by atoms with Crippen LogP contribution in [0.5, 0.6) is 0 Å². The number of nitrogens with one attached hydrogen (secondary N) is 1. The lowest BCUT2D eigenvalue weighted by atomic mass is 10.0. The van der Waals surface area contributed by atoms with E-state index < -0.39 is 0 Å². The van der Waals surface area contributed by atoms with Gasteiger partial charge in [-0.3, -0.25) is 4.79 Å². The monoisotopic (exact) mass is 372 g/mol. The molecule has 136 valence electrons. The molecule has 0 aromatic heterocycles. The summed E-state index contributed by atoms with van der Waals surface area (Å²) in [5.41, 5.74) is 2.44. The molecular weight excluding hydrogens is 352 g/mol. The zero-order valence-electron chi connectivity index (χ0n) is 14.4. The molecule has 2 aliphatic rings. The van der Waals surface area contributed by atoms with E-state index in [1.165, 1.54) is 0 Å². The molecule has 2 aromatic carbocycles. The fourth-order valence-electron chi connectivity index (χ4n) is 3.48. The molecule has 0 aliphatic carbocycles. The number of benzene rings is 2. The highest BCUT2D eigenvalue weighted by Crippen LogP contribution is 2.33. The number of nitrogens with zero attached hydrogens (tertiary/aromatic N) is 1. The molecule has 2 saturated heterocycles. The molecular formula is C20H21ClN2O3. The first-order valence-corrected chi connectivity index (χ1v) is 9.21. The van der Waals surface area contributed by atoms with Gasteiger partial charge in [-0.05, 0) is 42.5 Å². The molecule has 2 aliphatic heterocycles. The van der Waals surface area contributed by atoms with Crippen LogP contribution in [-0.4, -0.2) is 38.0 Å². The summed E-state index contributed by atoms with van der Waals surface area (Å²) in [4.78, 5) is 14.6. The number of piperidine rings is 1. The Bertz CT molecular complexity index is 778. The van der Waals surface area contributed by atoms with Crippen LogP contribution in [0.4, 0.5) is 11.4 Å². The minimum Gasteiger partial charge on any atom is -0.371 e. The number of ether oxygens (including phenoxy) is 2. The molecule has 0 unspecified atom stereocenters. The fourth-order valence-corrected chi connectivity index (χ4v) is 3.67. The predicted molar refractivity (Wildman–Crippen MR) is 102 cm³/mol. The number of halogens is 1. The number of carbonyl (C=O) groups excluding carboxylic acids is 1. The van der Waals surface area contributed by atoms with E-state index in [1.54, 1.807) is 24.3 Å². The van der Waals surface area contributed by atoms with Crippen molar-refractivity contribution >= 4 is 28.9 Å². The Morgan fingerprint density at radius 3 is 2.38 bits per heavy atom. The van der Waals surface area contributed by atoms with E-state index in [0.29, 0.717) is 23.8 Å². The number of rotatable bonds is 3. The lowest BCUT2D eigenvalue weighted by Gasteiger charge is -2.38. The van der Waals surface area contributed by atoms with Gasteiger partial charge in [-0.1, -0.05) is 17.7 Å². The number of carbonyl (C=O) groups is 1. The highest BCUT2D eigenvalue weighted by atomic mass is 35.5. The van der Waals surface area contributed by atoms with Gasteiger partial charge in [0.25, 0.3) is 5.91 Å². The maximum absolute atomic E-state index is 12.3. The third-order valence-electron chi connectivity index (χ3n) is 4.92. The van der Waals surface area contributed by atoms with Gasteiger partial charge in [-0.25, -0.2) is 0 Å². The van der Waals surface area contributed by atoms with Crippen LogP contribution in [0.3, 0.4) is 0 Å². The molecule has 2 aromatic rings. The Morgan fingerprint density at radius 1 is 1.04 bits per heavy atom. The minimum absolute atomic E-state index is 0.171. The third kappa shape index (κ3) is 3.70. The smallest absolute Gasteiger partial charge is 0.255 e. The Kier molecular flexibility index (Phi) is 4.85. The lowest BCUT2D eigenvalue weighted by molar-refractivity contribution is -0.169. The second-order valence-corrected chi connectivity index (χ2v) is 7.04. The van der Waals surface area contributed by atoms with Crippen LogP contribution in [0.25, 0.3) is 0 Å². The normalized spacial score (nSPS) is 18.9. The maximum atomic E-state index is 12.3. The first-order chi connectivity index (χ1) is 12.6. The first kappa shape index (κ1) is 17.3. The topological polar surface area (TPSA) is 50.8 Å². The summed E-state index contributed by atoms with van der Waals surface area (Å²) in [6, 6.07) is 14.8. The van der Waals surface area contributed by atoms with E-state index in [1.807, 2.05) is 24.3 Å². The van der Waals surface area contributed by atoms with E-state index >= 15 is 0 Å². The number of amides is 1. The van der Waals surface area contributed by atoms with Gasteiger partial charge in [0.15, 0.2) is 5.79 Å². The highest BCUT2D eigenvalue weighted by molar-refractivity contribution is 6.31. The van der Waals surface area contributed by atoms with Gasteiger partial charge < -0.3 is 19.7 Å². The molecule has 4 rings (SSSR count). The van der Waals surface area contributed by atoms with Crippen LogP contribution in [0.15, 0.2) is 48.5 Å². The Hall–Kier alpha value is -2.08.